The number of thioether (sulfide) groups is 1. The maximum Gasteiger partial charge on any atom is 0.308 e. The van der Waals surface area contributed by atoms with Crippen LogP contribution in [0.4, 0.5) is 0 Å². The highest BCUT2D eigenvalue weighted by molar-refractivity contribution is 8.00. The molecule has 1 heterocycles. The number of likely N-dealkylation sites (N-methyl/N-ethyl adjacent to an activating group) is 1. The van der Waals surface area contributed by atoms with E-state index in [-0.39, 0.29) is 21.7 Å². The van der Waals surface area contributed by atoms with Gasteiger partial charge < -0.3 is 10.0 Å². The molecule has 1 aromatic carbocycles. The van der Waals surface area contributed by atoms with E-state index in [1.807, 2.05) is 6.92 Å². The molecule has 122 valence electrons. The third kappa shape index (κ3) is 3.43. The predicted molar refractivity (Wildman–Crippen MR) is 89.8 cm³/mol. The van der Waals surface area contributed by atoms with Crippen molar-refractivity contribution < 1.29 is 19.5 Å². The van der Waals surface area contributed by atoms with Crippen LogP contribution in [0, 0.1) is 0 Å². The van der Waals surface area contributed by atoms with Crippen molar-refractivity contribution >= 4 is 41.0 Å². The van der Waals surface area contributed by atoms with Gasteiger partial charge in [-0.2, -0.15) is 0 Å². The van der Waals surface area contributed by atoms with Crippen molar-refractivity contribution in [3.63, 3.8) is 0 Å². The van der Waals surface area contributed by atoms with Crippen LogP contribution in [0.25, 0.3) is 0 Å². The third-order valence-corrected chi connectivity index (χ3v) is 5.05. The molecule has 1 N–H and O–H groups in total. The van der Waals surface area contributed by atoms with E-state index in [9.17, 15) is 14.4 Å². The van der Waals surface area contributed by atoms with Crippen LogP contribution in [0.3, 0.4) is 0 Å². The molecule has 1 amide bonds. The lowest BCUT2D eigenvalue weighted by atomic mass is 9.98. The third-order valence-electron chi connectivity index (χ3n) is 3.52. The van der Waals surface area contributed by atoms with Gasteiger partial charge in [0.25, 0.3) is 5.91 Å². The minimum absolute atomic E-state index is 0.0378. The molecule has 7 heteroatoms. The Labute approximate surface area is 143 Å². The topological polar surface area (TPSA) is 74.7 Å². The molecule has 1 aromatic rings. The second kappa shape index (κ2) is 7.19. The zero-order valence-electron chi connectivity index (χ0n) is 12.7. The van der Waals surface area contributed by atoms with Gasteiger partial charge in [-0.1, -0.05) is 30.7 Å². The smallest absolute Gasteiger partial charge is 0.308 e. The number of carbonyl (C=O) groups excluding carboxylic acids is 2. The van der Waals surface area contributed by atoms with Gasteiger partial charge in [-0.15, -0.1) is 11.8 Å². The van der Waals surface area contributed by atoms with Crippen molar-refractivity contribution in [2.75, 3.05) is 12.8 Å². The molecular weight excluding hydrogens is 338 g/mol. The number of carboxylic acid groups (broad SMARTS) is 1. The fourth-order valence-electron chi connectivity index (χ4n) is 2.49. The van der Waals surface area contributed by atoms with Crippen LogP contribution in [0.2, 0.25) is 5.02 Å². The Balaban J connectivity index is 2.56. The Morgan fingerprint density at radius 2 is 2.00 bits per heavy atom. The number of amides is 1. The molecule has 0 spiro atoms. The highest BCUT2D eigenvalue weighted by Crippen LogP contribution is 2.36. The number of ketones is 1. The molecule has 0 unspecified atom stereocenters. The first-order valence-corrected chi connectivity index (χ1v) is 8.44. The molecule has 0 saturated heterocycles. The zero-order valence-corrected chi connectivity index (χ0v) is 14.3. The van der Waals surface area contributed by atoms with E-state index in [1.165, 1.54) is 16.7 Å². The SMILES string of the molecule is CCS[C@H]1C(C(=O)c2ccccc2Cl)=C(CC(=O)O)C(=O)N1C. The van der Waals surface area contributed by atoms with Crippen molar-refractivity contribution in [2.24, 2.45) is 0 Å². The molecule has 23 heavy (non-hydrogen) atoms. The number of carboxylic acids is 1. The van der Waals surface area contributed by atoms with Gasteiger partial charge in [-0.25, -0.2) is 0 Å². The molecule has 0 saturated carbocycles. The number of aliphatic carboxylic acids is 1. The Morgan fingerprint density at radius 3 is 2.57 bits per heavy atom. The van der Waals surface area contributed by atoms with Gasteiger partial charge in [-0.05, 0) is 17.9 Å². The lowest BCUT2D eigenvalue weighted by molar-refractivity contribution is -0.137. The maximum absolute atomic E-state index is 12.9. The minimum Gasteiger partial charge on any atom is -0.481 e. The van der Waals surface area contributed by atoms with Gasteiger partial charge in [0.1, 0.15) is 5.37 Å². The standard InChI is InChI=1S/C16H16ClNO4S/c1-3-23-16-13(10(8-12(19)20)15(22)18(16)2)14(21)9-6-4-5-7-11(9)17/h4-7,16H,3,8H2,1-2H3,(H,19,20)/t16-/m0/s1. The van der Waals surface area contributed by atoms with Gasteiger partial charge in [0.05, 0.1) is 11.4 Å². The lowest BCUT2D eigenvalue weighted by Crippen LogP contribution is -2.31. The Hall–Kier alpha value is -1.79. The fourth-order valence-corrected chi connectivity index (χ4v) is 3.76. The zero-order chi connectivity index (χ0) is 17.1. The number of hydrogen-bond acceptors (Lipinski definition) is 4. The molecule has 2 rings (SSSR count). The van der Waals surface area contributed by atoms with E-state index in [4.69, 9.17) is 16.7 Å². The first-order chi connectivity index (χ1) is 10.9. The van der Waals surface area contributed by atoms with Gasteiger partial charge >= 0.3 is 5.97 Å². The summed E-state index contributed by atoms with van der Waals surface area (Å²) < 4.78 is 0. The van der Waals surface area contributed by atoms with Gasteiger partial charge in [-0.3, -0.25) is 14.4 Å². The Kier molecular flexibility index (Phi) is 5.49. The van der Waals surface area contributed by atoms with E-state index in [1.54, 1.807) is 31.3 Å². The number of halogens is 1. The number of hydrogen-bond donors (Lipinski definition) is 1. The number of rotatable bonds is 6. The van der Waals surface area contributed by atoms with Crippen molar-refractivity contribution in [2.45, 2.75) is 18.7 Å². The Morgan fingerprint density at radius 1 is 1.35 bits per heavy atom. The lowest BCUT2D eigenvalue weighted by Gasteiger charge is -2.21. The molecule has 0 fully saturated rings. The summed E-state index contributed by atoms with van der Waals surface area (Å²) in [6, 6.07) is 6.55. The average molecular weight is 354 g/mol. The van der Waals surface area contributed by atoms with Crippen molar-refractivity contribution in [1.82, 2.24) is 4.90 Å². The molecule has 0 bridgehead atoms. The number of Topliss-reactive ketones (excluding diaryl/α,β-unsaturated/α-hetero) is 1. The summed E-state index contributed by atoms with van der Waals surface area (Å²) in [4.78, 5) is 37.8. The Bertz CT molecular complexity index is 701. The number of benzene rings is 1. The summed E-state index contributed by atoms with van der Waals surface area (Å²) in [5, 5.41) is 8.85. The maximum atomic E-state index is 12.9. The molecule has 0 radical (unpaired) electrons. The fraction of sp³-hybridized carbons (Fsp3) is 0.312. The van der Waals surface area contributed by atoms with Crippen LogP contribution in [0.1, 0.15) is 23.7 Å². The summed E-state index contributed by atoms with van der Waals surface area (Å²) in [7, 11) is 1.57. The van der Waals surface area contributed by atoms with E-state index in [0.29, 0.717) is 5.75 Å². The molecule has 1 atom stereocenters. The number of carbonyl (C=O) groups is 3. The van der Waals surface area contributed by atoms with Gasteiger partial charge in [0, 0.05) is 23.8 Å². The van der Waals surface area contributed by atoms with Crippen LogP contribution in [0.5, 0.6) is 0 Å². The molecule has 5 nitrogen and oxygen atoms in total. The average Bonchev–Trinajstić information content (AvgIpc) is 2.72. The molecule has 1 aliphatic heterocycles. The van der Waals surface area contributed by atoms with Crippen LogP contribution < -0.4 is 0 Å². The normalized spacial score (nSPS) is 17.8. The van der Waals surface area contributed by atoms with Gasteiger partial charge in [0.15, 0.2) is 5.78 Å². The van der Waals surface area contributed by atoms with Crippen molar-refractivity contribution in [3.05, 3.63) is 46.0 Å². The van der Waals surface area contributed by atoms with Gasteiger partial charge in [0.2, 0.25) is 0 Å². The van der Waals surface area contributed by atoms with Crippen LogP contribution in [-0.4, -0.2) is 45.8 Å². The second-order valence-electron chi connectivity index (χ2n) is 5.00. The molecule has 0 aromatic heterocycles. The highest BCUT2D eigenvalue weighted by Gasteiger charge is 2.41. The summed E-state index contributed by atoms with van der Waals surface area (Å²) in [6.45, 7) is 1.91. The number of nitrogens with zero attached hydrogens (tertiary/aromatic N) is 1. The molecular formula is C16H16ClNO4S. The highest BCUT2D eigenvalue weighted by atomic mass is 35.5. The first-order valence-electron chi connectivity index (χ1n) is 7.01. The van der Waals surface area contributed by atoms with Crippen LogP contribution >= 0.6 is 23.4 Å². The van der Waals surface area contributed by atoms with Crippen molar-refractivity contribution in [1.29, 1.82) is 0 Å². The van der Waals surface area contributed by atoms with E-state index < -0.39 is 29.5 Å². The van der Waals surface area contributed by atoms with Crippen molar-refractivity contribution in [3.8, 4) is 0 Å². The summed E-state index contributed by atoms with van der Waals surface area (Å²) in [6.07, 6.45) is -0.477. The largest absolute Gasteiger partial charge is 0.481 e. The summed E-state index contributed by atoms with van der Waals surface area (Å²) in [5.74, 6) is -1.28. The monoisotopic (exact) mass is 353 g/mol. The minimum atomic E-state index is -1.15. The quantitative estimate of drug-likeness (QED) is 0.796. The van der Waals surface area contributed by atoms with Crippen LogP contribution in [-0.2, 0) is 9.59 Å². The molecule has 0 aliphatic carbocycles. The van der Waals surface area contributed by atoms with E-state index in [0.717, 1.165) is 0 Å². The summed E-state index contributed by atoms with van der Waals surface area (Å²) >= 11 is 7.49. The summed E-state index contributed by atoms with van der Waals surface area (Å²) in [5.41, 5.74) is 0.535. The van der Waals surface area contributed by atoms with E-state index >= 15 is 0 Å². The van der Waals surface area contributed by atoms with E-state index in [2.05, 4.69) is 0 Å². The molecule has 1 aliphatic rings. The first kappa shape index (κ1) is 17.6. The predicted octanol–water partition coefficient (Wildman–Crippen LogP) is 2.85. The second-order valence-corrected chi connectivity index (χ2v) is 6.76. The van der Waals surface area contributed by atoms with Crippen LogP contribution in [0.15, 0.2) is 35.4 Å².